The first-order valence-electron chi connectivity index (χ1n) is 9.66. The predicted molar refractivity (Wildman–Crippen MR) is 120 cm³/mol. The number of sulfonamides is 1. The third-order valence-electron chi connectivity index (χ3n) is 5.13. The van der Waals surface area contributed by atoms with Crippen molar-refractivity contribution in [3.8, 4) is 11.1 Å². The quantitative estimate of drug-likeness (QED) is 0.334. The molecule has 0 aliphatic heterocycles. The summed E-state index contributed by atoms with van der Waals surface area (Å²) in [7, 11) is -3.82. The fourth-order valence-electron chi connectivity index (χ4n) is 3.77. The molecule has 0 fully saturated rings. The van der Waals surface area contributed by atoms with Gasteiger partial charge in [0, 0.05) is 35.8 Å². The van der Waals surface area contributed by atoms with Gasteiger partial charge < -0.3 is 4.98 Å². The van der Waals surface area contributed by atoms with Crippen LogP contribution in [0.2, 0.25) is 0 Å². The molecule has 0 aliphatic rings. The van der Waals surface area contributed by atoms with Crippen molar-refractivity contribution in [3.63, 3.8) is 0 Å². The molecule has 0 radical (unpaired) electrons. The first-order chi connectivity index (χ1) is 14.7. The minimum Gasteiger partial charge on any atom is -0.361 e. The zero-order chi connectivity index (χ0) is 22.2. The number of nitro benzene ring substituents is 1. The first kappa shape index (κ1) is 20.8. The average molecular weight is 436 g/mol. The largest absolute Gasteiger partial charge is 0.361 e. The zero-order valence-electron chi connectivity index (χ0n) is 17.0. The summed E-state index contributed by atoms with van der Waals surface area (Å²) in [5.74, 6) is 0. The Kier molecular flexibility index (Phi) is 5.34. The van der Waals surface area contributed by atoms with Crippen LogP contribution in [0.3, 0.4) is 0 Å². The highest BCUT2D eigenvalue weighted by Crippen LogP contribution is 2.32. The molecule has 8 heteroatoms. The molecule has 0 spiro atoms. The first-order valence-corrected chi connectivity index (χ1v) is 11.1. The standard InChI is InChI=1S/C23H21N3O4S/c1-15-10-16(2)12-17(11-15)21-4-3-5-22-23(21)18(13-24-22)14-25-31(29,30)20-8-6-19(7-9-20)26(27)28/h3-13,24-25H,14H2,1-2H3. The summed E-state index contributed by atoms with van der Waals surface area (Å²) in [6, 6.07) is 17.1. The van der Waals surface area contributed by atoms with Gasteiger partial charge in [-0.15, -0.1) is 0 Å². The predicted octanol–water partition coefficient (Wildman–Crippen LogP) is 4.84. The third kappa shape index (κ3) is 4.21. The van der Waals surface area contributed by atoms with E-state index in [1.54, 1.807) is 6.20 Å². The topological polar surface area (TPSA) is 105 Å². The highest BCUT2D eigenvalue weighted by molar-refractivity contribution is 7.89. The molecule has 4 rings (SSSR count). The molecule has 0 saturated heterocycles. The number of hydrogen-bond donors (Lipinski definition) is 2. The SMILES string of the molecule is Cc1cc(C)cc(-c2cccc3[nH]cc(CNS(=O)(=O)c4ccc([N+](=O)[O-])cc4)c23)c1. The summed E-state index contributed by atoms with van der Waals surface area (Å²) in [5.41, 5.74) is 5.98. The maximum atomic E-state index is 12.7. The van der Waals surface area contributed by atoms with Crippen molar-refractivity contribution >= 4 is 26.6 Å². The Balaban J connectivity index is 1.67. The summed E-state index contributed by atoms with van der Waals surface area (Å²) in [6.45, 7) is 4.18. The normalized spacial score (nSPS) is 11.7. The molecule has 7 nitrogen and oxygen atoms in total. The highest BCUT2D eigenvalue weighted by Gasteiger charge is 2.18. The molecule has 0 saturated carbocycles. The van der Waals surface area contributed by atoms with Crippen LogP contribution in [0.5, 0.6) is 0 Å². The number of fused-ring (bicyclic) bond motifs is 1. The van der Waals surface area contributed by atoms with Crippen molar-refractivity contribution in [2.24, 2.45) is 0 Å². The van der Waals surface area contributed by atoms with Crippen molar-refractivity contribution in [2.45, 2.75) is 25.3 Å². The molecule has 4 aromatic rings. The Morgan fingerprint density at radius 3 is 2.32 bits per heavy atom. The zero-order valence-corrected chi connectivity index (χ0v) is 17.9. The Labute approximate surface area is 179 Å². The Morgan fingerprint density at radius 1 is 1.00 bits per heavy atom. The lowest BCUT2D eigenvalue weighted by Gasteiger charge is -2.10. The average Bonchev–Trinajstić information content (AvgIpc) is 3.15. The molecule has 0 aliphatic carbocycles. The molecule has 1 heterocycles. The van der Waals surface area contributed by atoms with Gasteiger partial charge >= 0.3 is 0 Å². The van der Waals surface area contributed by atoms with Crippen LogP contribution in [0, 0.1) is 24.0 Å². The van der Waals surface area contributed by atoms with E-state index in [1.807, 2.05) is 32.0 Å². The van der Waals surface area contributed by atoms with Crippen LogP contribution < -0.4 is 4.72 Å². The molecule has 2 N–H and O–H groups in total. The van der Waals surface area contributed by atoms with Crippen molar-refractivity contribution in [1.29, 1.82) is 0 Å². The van der Waals surface area contributed by atoms with Gasteiger partial charge in [0.15, 0.2) is 0 Å². The number of nitrogens with zero attached hydrogens (tertiary/aromatic N) is 1. The lowest BCUT2D eigenvalue weighted by molar-refractivity contribution is -0.384. The Bertz CT molecular complexity index is 1370. The number of aryl methyl sites for hydroxylation is 2. The fraction of sp³-hybridized carbons (Fsp3) is 0.130. The molecule has 1 aromatic heterocycles. The summed E-state index contributed by atoms with van der Waals surface area (Å²) < 4.78 is 28.0. The number of nitrogens with one attached hydrogen (secondary N) is 2. The van der Waals surface area contributed by atoms with E-state index >= 15 is 0 Å². The maximum Gasteiger partial charge on any atom is 0.269 e. The molecule has 0 unspecified atom stereocenters. The lowest BCUT2D eigenvalue weighted by Crippen LogP contribution is -2.23. The number of non-ortho nitro benzene ring substituents is 1. The number of benzene rings is 3. The van der Waals surface area contributed by atoms with Crippen LogP contribution >= 0.6 is 0 Å². The van der Waals surface area contributed by atoms with E-state index in [9.17, 15) is 18.5 Å². The van der Waals surface area contributed by atoms with Crippen molar-refractivity contribution in [3.05, 3.63) is 93.7 Å². The summed E-state index contributed by atoms with van der Waals surface area (Å²) in [6.07, 6.45) is 1.80. The van der Waals surface area contributed by atoms with Gasteiger partial charge in [0.2, 0.25) is 10.0 Å². The van der Waals surface area contributed by atoms with Crippen LogP contribution in [0.25, 0.3) is 22.0 Å². The number of rotatable bonds is 6. The number of aromatic nitrogens is 1. The van der Waals surface area contributed by atoms with Gasteiger partial charge in [0.25, 0.3) is 5.69 Å². The maximum absolute atomic E-state index is 12.7. The van der Waals surface area contributed by atoms with Gasteiger partial charge in [0.1, 0.15) is 0 Å². The van der Waals surface area contributed by atoms with Gasteiger partial charge in [-0.2, -0.15) is 0 Å². The second-order valence-corrected chi connectivity index (χ2v) is 9.26. The molecule has 158 valence electrons. The van der Waals surface area contributed by atoms with Gasteiger partial charge in [-0.25, -0.2) is 13.1 Å². The monoisotopic (exact) mass is 435 g/mol. The highest BCUT2D eigenvalue weighted by atomic mass is 32.2. The lowest BCUT2D eigenvalue weighted by atomic mass is 9.96. The number of aromatic amines is 1. The second kappa shape index (κ2) is 7.98. The minimum absolute atomic E-state index is 0.0209. The van der Waals surface area contributed by atoms with Crippen LogP contribution in [0.1, 0.15) is 16.7 Å². The molecule has 3 aromatic carbocycles. The number of hydrogen-bond acceptors (Lipinski definition) is 4. The van der Waals surface area contributed by atoms with Crippen molar-refractivity contribution < 1.29 is 13.3 Å². The second-order valence-electron chi connectivity index (χ2n) is 7.49. The third-order valence-corrected chi connectivity index (χ3v) is 6.55. The van der Waals surface area contributed by atoms with E-state index in [-0.39, 0.29) is 17.1 Å². The molecule has 0 atom stereocenters. The fourth-order valence-corrected chi connectivity index (χ4v) is 4.78. The van der Waals surface area contributed by atoms with Crippen LogP contribution in [-0.2, 0) is 16.6 Å². The van der Waals surface area contributed by atoms with E-state index in [4.69, 9.17) is 0 Å². The van der Waals surface area contributed by atoms with Crippen molar-refractivity contribution in [1.82, 2.24) is 9.71 Å². The Hall–Kier alpha value is -3.49. The van der Waals surface area contributed by atoms with E-state index in [1.165, 1.54) is 24.3 Å². The Morgan fingerprint density at radius 2 is 1.68 bits per heavy atom. The van der Waals surface area contributed by atoms with Crippen LogP contribution in [0.15, 0.2) is 71.8 Å². The number of nitro groups is 1. The smallest absolute Gasteiger partial charge is 0.269 e. The minimum atomic E-state index is -3.82. The summed E-state index contributed by atoms with van der Waals surface area (Å²) >= 11 is 0. The van der Waals surface area contributed by atoms with E-state index < -0.39 is 14.9 Å². The van der Waals surface area contributed by atoms with Crippen LogP contribution in [-0.4, -0.2) is 18.3 Å². The molecular formula is C23H21N3O4S. The van der Waals surface area contributed by atoms with E-state index in [2.05, 4.69) is 27.9 Å². The van der Waals surface area contributed by atoms with E-state index in [0.717, 1.165) is 38.7 Å². The summed E-state index contributed by atoms with van der Waals surface area (Å²) in [5, 5.41) is 11.8. The van der Waals surface area contributed by atoms with Crippen molar-refractivity contribution in [2.75, 3.05) is 0 Å². The number of H-pyrrole nitrogens is 1. The van der Waals surface area contributed by atoms with E-state index in [0.29, 0.717) is 0 Å². The van der Waals surface area contributed by atoms with Gasteiger partial charge in [-0.3, -0.25) is 10.1 Å². The molecule has 31 heavy (non-hydrogen) atoms. The van der Waals surface area contributed by atoms with Gasteiger partial charge in [-0.1, -0.05) is 41.5 Å². The van der Waals surface area contributed by atoms with Gasteiger partial charge in [0.05, 0.1) is 9.82 Å². The van der Waals surface area contributed by atoms with Crippen LogP contribution in [0.4, 0.5) is 5.69 Å². The molecule has 0 bridgehead atoms. The summed E-state index contributed by atoms with van der Waals surface area (Å²) in [4.78, 5) is 13.4. The molecule has 0 amide bonds. The van der Waals surface area contributed by atoms with Gasteiger partial charge in [-0.05, 0) is 48.7 Å². The molecular weight excluding hydrogens is 414 g/mol.